The summed E-state index contributed by atoms with van der Waals surface area (Å²) in [6, 6.07) is 21.2. The van der Waals surface area contributed by atoms with Crippen molar-refractivity contribution in [2.45, 2.75) is 65.3 Å². The van der Waals surface area contributed by atoms with E-state index in [1.165, 1.54) is 11.3 Å². The number of nitrogens with one attached hydrogen (secondary N) is 3. The van der Waals surface area contributed by atoms with Crippen LogP contribution in [0, 0.1) is 6.92 Å². The topological polar surface area (TPSA) is 141 Å². The lowest BCUT2D eigenvalue weighted by atomic mass is 9.99. The van der Waals surface area contributed by atoms with Crippen molar-refractivity contribution in [2.75, 3.05) is 24.1 Å². The van der Waals surface area contributed by atoms with E-state index < -0.39 is 28.1 Å². The average molecular weight is 692 g/mol. The Hall–Kier alpha value is -4.10. The number of nitrogens with zero attached hydrogens (tertiary/aromatic N) is 2. The van der Waals surface area contributed by atoms with Crippen LogP contribution in [0.5, 0.6) is 0 Å². The minimum absolute atomic E-state index is 0.0299. The summed E-state index contributed by atoms with van der Waals surface area (Å²) in [6.45, 7) is 8.48. The zero-order chi connectivity index (χ0) is 34.8. The number of benzene rings is 3. The van der Waals surface area contributed by atoms with Gasteiger partial charge in [0, 0.05) is 48.0 Å². The Bertz CT molecular complexity index is 1790. The molecule has 2 atom stereocenters. The maximum Gasteiger partial charge on any atom is 0.253 e. The van der Waals surface area contributed by atoms with Crippen molar-refractivity contribution in [2.24, 2.45) is 0 Å². The molecule has 4 aromatic rings. The number of aromatic nitrogens is 1. The first-order chi connectivity index (χ1) is 22.8. The number of hydrogen-bond acceptors (Lipinski definition) is 8. The molecule has 0 aliphatic heterocycles. The SMILES string of the molecule is CCS(=O)(=O)Nc1cc(CNC[C@@H](O)[C@H](Cc2ccccc2)NC(=O)c2cccc(C(=O)N(C)Cc3nc(C)cs3)c2)cc(C(C)C)c1. The van der Waals surface area contributed by atoms with Crippen LogP contribution in [0.3, 0.4) is 0 Å². The molecule has 4 rings (SSSR count). The number of rotatable bonds is 16. The molecule has 48 heavy (non-hydrogen) atoms. The van der Waals surface area contributed by atoms with E-state index in [-0.39, 0.29) is 24.1 Å². The van der Waals surface area contributed by atoms with Crippen molar-refractivity contribution in [3.63, 3.8) is 0 Å². The van der Waals surface area contributed by atoms with E-state index in [1.54, 1.807) is 49.2 Å². The van der Waals surface area contributed by atoms with Crippen LogP contribution in [-0.2, 0) is 29.5 Å². The van der Waals surface area contributed by atoms with Gasteiger partial charge in [0.2, 0.25) is 10.0 Å². The summed E-state index contributed by atoms with van der Waals surface area (Å²) in [6.07, 6.45) is -0.575. The predicted octanol–water partition coefficient (Wildman–Crippen LogP) is 5.10. The molecule has 0 spiro atoms. The summed E-state index contributed by atoms with van der Waals surface area (Å²) >= 11 is 1.49. The molecule has 0 aliphatic rings. The molecule has 0 bridgehead atoms. The minimum Gasteiger partial charge on any atom is -0.390 e. The van der Waals surface area contributed by atoms with Crippen molar-refractivity contribution in [1.82, 2.24) is 20.5 Å². The molecule has 2 amide bonds. The average Bonchev–Trinajstić information content (AvgIpc) is 3.48. The third-order valence-corrected chi connectivity index (χ3v) is 10.1. The fraction of sp³-hybridized carbons (Fsp3) is 0.361. The van der Waals surface area contributed by atoms with Gasteiger partial charge in [0.25, 0.3) is 11.8 Å². The molecule has 4 N–H and O–H groups in total. The second-order valence-corrected chi connectivity index (χ2v) is 15.2. The number of amides is 2. The highest BCUT2D eigenvalue weighted by atomic mass is 32.2. The normalized spacial score (nSPS) is 12.8. The number of thiazole rings is 1. The summed E-state index contributed by atoms with van der Waals surface area (Å²) in [7, 11) is -1.74. The highest BCUT2D eigenvalue weighted by Crippen LogP contribution is 2.23. The third-order valence-electron chi connectivity index (χ3n) is 7.85. The summed E-state index contributed by atoms with van der Waals surface area (Å²) in [5.74, 6) is -0.477. The van der Waals surface area contributed by atoms with E-state index in [9.17, 15) is 23.1 Å². The summed E-state index contributed by atoms with van der Waals surface area (Å²) in [5.41, 5.74) is 4.89. The van der Waals surface area contributed by atoms with Crippen molar-refractivity contribution in [3.05, 3.63) is 117 Å². The minimum atomic E-state index is -3.44. The Kier molecular flexibility index (Phi) is 12.9. The smallest absolute Gasteiger partial charge is 0.253 e. The molecule has 0 saturated heterocycles. The van der Waals surface area contributed by atoms with Gasteiger partial charge in [0.05, 0.1) is 24.4 Å². The van der Waals surface area contributed by atoms with Gasteiger partial charge >= 0.3 is 0 Å². The van der Waals surface area contributed by atoms with E-state index >= 15 is 0 Å². The Balaban J connectivity index is 1.45. The van der Waals surface area contributed by atoms with Crippen molar-refractivity contribution < 1.29 is 23.1 Å². The highest BCUT2D eigenvalue weighted by molar-refractivity contribution is 7.92. The molecule has 12 heteroatoms. The standard InChI is InChI=1S/C36H45N5O5S2/c1-6-48(45,46)40-31-16-27(15-30(19-31)24(2)3)20-37-21-33(42)32(17-26-11-8-7-9-12-26)39-35(43)28-13-10-14-29(18-28)36(44)41(5)22-34-38-25(4)23-47-34/h7-16,18-19,23-24,32-33,37,40,42H,6,17,20-22H2,1-5H3,(H,39,43)/t32-,33+/m0/s1. The fourth-order valence-corrected chi connectivity index (χ4v) is 6.58. The van der Waals surface area contributed by atoms with Crippen LogP contribution in [0.15, 0.2) is 78.2 Å². The van der Waals surface area contributed by atoms with Crippen LogP contribution in [-0.4, -0.2) is 66.7 Å². The number of hydrogen-bond donors (Lipinski definition) is 4. The van der Waals surface area contributed by atoms with E-state index in [0.29, 0.717) is 36.3 Å². The number of carbonyl (C=O) groups is 2. The molecule has 1 aromatic heterocycles. The van der Waals surface area contributed by atoms with E-state index in [2.05, 4.69) is 20.3 Å². The second-order valence-electron chi connectivity index (χ2n) is 12.2. The van der Waals surface area contributed by atoms with Crippen LogP contribution in [0.1, 0.15) is 74.8 Å². The van der Waals surface area contributed by atoms with Gasteiger partial charge in [-0.15, -0.1) is 11.3 Å². The van der Waals surface area contributed by atoms with Crippen LogP contribution in [0.2, 0.25) is 0 Å². The van der Waals surface area contributed by atoms with E-state index in [1.807, 2.05) is 68.6 Å². The third kappa shape index (κ3) is 10.7. The van der Waals surface area contributed by atoms with Gasteiger partial charge < -0.3 is 20.6 Å². The molecule has 256 valence electrons. The molecule has 0 radical (unpaired) electrons. The second kappa shape index (κ2) is 16.8. The maximum atomic E-state index is 13.5. The summed E-state index contributed by atoms with van der Waals surface area (Å²) in [5, 5.41) is 20.4. The predicted molar refractivity (Wildman–Crippen MR) is 192 cm³/mol. The number of sulfonamides is 1. The molecule has 3 aromatic carbocycles. The number of aliphatic hydroxyl groups excluding tert-OH is 1. The number of aliphatic hydroxyl groups is 1. The van der Waals surface area contributed by atoms with E-state index in [4.69, 9.17) is 0 Å². The van der Waals surface area contributed by atoms with Crippen LogP contribution in [0.25, 0.3) is 0 Å². The summed E-state index contributed by atoms with van der Waals surface area (Å²) < 4.78 is 27.1. The first kappa shape index (κ1) is 36.7. The lowest BCUT2D eigenvalue weighted by Crippen LogP contribution is -2.48. The molecular formula is C36H45N5O5S2. The molecule has 0 fully saturated rings. The monoisotopic (exact) mass is 691 g/mol. The van der Waals surface area contributed by atoms with Crippen molar-refractivity contribution >= 4 is 38.9 Å². The number of carbonyl (C=O) groups excluding carboxylic acids is 2. The molecule has 10 nitrogen and oxygen atoms in total. The lowest BCUT2D eigenvalue weighted by molar-refractivity contribution is 0.0784. The van der Waals surface area contributed by atoms with Gasteiger partial charge in [0.15, 0.2) is 0 Å². The zero-order valence-electron chi connectivity index (χ0n) is 28.1. The molecule has 0 aliphatic carbocycles. The Labute approximate surface area is 287 Å². The highest BCUT2D eigenvalue weighted by Gasteiger charge is 2.23. The van der Waals surface area contributed by atoms with Crippen LogP contribution < -0.4 is 15.4 Å². The number of anilines is 1. The zero-order valence-corrected chi connectivity index (χ0v) is 29.7. The largest absolute Gasteiger partial charge is 0.390 e. The molecular weight excluding hydrogens is 647 g/mol. The van der Waals surface area contributed by atoms with Crippen molar-refractivity contribution in [1.29, 1.82) is 0 Å². The maximum absolute atomic E-state index is 13.5. The fourth-order valence-electron chi connectivity index (χ4n) is 5.14. The Morgan fingerprint density at radius 2 is 1.71 bits per heavy atom. The molecule has 1 heterocycles. The quantitative estimate of drug-likeness (QED) is 0.128. The number of aryl methyl sites for hydroxylation is 1. The molecule has 0 saturated carbocycles. The molecule has 0 unspecified atom stereocenters. The van der Waals surface area contributed by atoms with Gasteiger partial charge in [-0.2, -0.15) is 0 Å². The van der Waals surface area contributed by atoms with Crippen LogP contribution >= 0.6 is 11.3 Å². The van der Waals surface area contributed by atoms with E-state index in [0.717, 1.165) is 27.4 Å². The van der Waals surface area contributed by atoms with Gasteiger partial charge in [0.1, 0.15) is 5.01 Å². The van der Waals surface area contributed by atoms with Gasteiger partial charge in [-0.25, -0.2) is 13.4 Å². The summed E-state index contributed by atoms with van der Waals surface area (Å²) in [4.78, 5) is 32.7. The van der Waals surface area contributed by atoms with Crippen molar-refractivity contribution in [3.8, 4) is 0 Å². The van der Waals surface area contributed by atoms with Gasteiger partial charge in [-0.1, -0.05) is 56.3 Å². The first-order valence-corrected chi connectivity index (χ1v) is 18.5. The Morgan fingerprint density at radius 3 is 2.38 bits per heavy atom. The lowest BCUT2D eigenvalue weighted by Gasteiger charge is -2.25. The van der Waals surface area contributed by atoms with Crippen LogP contribution in [0.4, 0.5) is 5.69 Å². The Morgan fingerprint density at radius 1 is 0.979 bits per heavy atom. The van der Waals surface area contributed by atoms with Gasteiger partial charge in [-0.3, -0.25) is 14.3 Å². The van der Waals surface area contributed by atoms with Gasteiger partial charge in [-0.05, 0) is 73.2 Å². The first-order valence-electron chi connectivity index (χ1n) is 16.0.